The lowest BCUT2D eigenvalue weighted by molar-refractivity contribution is -0.287. The van der Waals surface area contributed by atoms with Gasteiger partial charge in [0.1, 0.15) is 24.4 Å². The lowest BCUT2D eigenvalue weighted by Crippen LogP contribution is -2.58. The van der Waals surface area contributed by atoms with Crippen molar-refractivity contribution in [3.63, 3.8) is 0 Å². The molecule has 1 saturated heterocycles. The number of carboxylic acid groups (broad SMARTS) is 1. The van der Waals surface area contributed by atoms with Gasteiger partial charge < -0.3 is 35.6 Å². The van der Waals surface area contributed by atoms with Crippen LogP contribution in [-0.4, -0.2) is 76.4 Å². The fraction of sp³-hybridized carbons (Fsp3) is 0.889. The number of carboxylic acids is 1. The van der Waals surface area contributed by atoms with Crippen molar-refractivity contribution in [1.82, 2.24) is 0 Å². The van der Waals surface area contributed by atoms with Crippen LogP contribution in [-0.2, 0) is 14.3 Å². The van der Waals surface area contributed by atoms with Crippen LogP contribution in [0.25, 0.3) is 0 Å². The zero-order chi connectivity index (χ0) is 13.9. The van der Waals surface area contributed by atoms with Crippen LogP contribution in [0.1, 0.15) is 0 Å². The van der Waals surface area contributed by atoms with Crippen LogP contribution in [0.15, 0.2) is 0 Å². The largest absolute Gasteiger partial charge is 0.480 e. The van der Waals surface area contributed by atoms with Crippen LogP contribution in [0.3, 0.4) is 0 Å². The summed E-state index contributed by atoms with van der Waals surface area (Å²) < 4.78 is 23.2. The second-order valence-corrected chi connectivity index (χ2v) is 3.93. The molecule has 6 N–H and O–H groups in total. The summed E-state index contributed by atoms with van der Waals surface area (Å²) in [5, 5.41) is 36.0. The minimum Gasteiger partial charge on any atom is -0.480 e. The number of aliphatic hydroxyl groups excluding tert-OH is 3. The van der Waals surface area contributed by atoms with E-state index >= 15 is 0 Å². The van der Waals surface area contributed by atoms with E-state index in [4.69, 9.17) is 25.4 Å². The summed E-state index contributed by atoms with van der Waals surface area (Å²) in [6, 6.07) is -1.36. The molecule has 0 spiro atoms. The van der Waals surface area contributed by atoms with Gasteiger partial charge in [0.25, 0.3) is 0 Å². The normalized spacial score (nSPS) is 38.4. The molecule has 0 unspecified atom stereocenters. The molecule has 0 aromatic carbocycles. The van der Waals surface area contributed by atoms with Gasteiger partial charge in [0.05, 0.1) is 13.2 Å². The molecular weight excluding hydrogens is 253 g/mol. The summed E-state index contributed by atoms with van der Waals surface area (Å²) in [4.78, 5) is 10.4. The van der Waals surface area contributed by atoms with Crippen LogP contribution < -0.4 is 5.73 Å². The molecule has 9 heteroatoms. The van der Waals surface area contributed by atoms with Crippen molar-refractivity contribution in [2.45, 2.75) is 36.8 Å². The Balaban J connectivity index is 2.56. The zero-order valence-corrected chi connectivity index (χ0v) is 9.35. The highest BCUT2D eigenvalue weighted by Gasteiger charge is 2.45. The molecule has 1 aliphatic rings. The standard InChI is InChI=1S/C9H16FNO7/c10-5-7(14)6(13)4(1-12)18-9(5)17-2-3(11)8(15)16/h3-7,9,12-14H,1-2,11H2,(H,15,16)/t3-,4+,5+,6+,7+,9-/m0/s1. The molecule has 1 heterocycles. The molecule has 0 bridgehead atoms. The minimum absolute atomic E-state index is 0.526. The third-order valence-electron chi connectivity index (χ3n) is 2.56. The molecule has 0 aromatic rings. The number of alkyl halides is 1. The van der Waals surface area contributed by atoms with E-state index < -0.39 is 56.0 Å². The van der Waals surface area contributed by atoms with Crippen molar-refractivity contribution in [2.75, 3.05) is 13.2 Å². The average Bonchev–Trinajstić information content (AvgIpc) is 2.34. The van der Waals surface area contributed by atoms with E-state index in [1.54, 1.807) is 0 Å². The lowest BCUT2D eigenvalue weighted by atomic mass is 10.0. The Morgan fingerprint density at radius 1 is 1.44 bits per heavy atom. The van der Waals surface area contributed by atoms with Crippen molar-refractivity contribution in [2.24, 2.45) is 5.73 Å². The fourth-order valence-corrected chi connectivity index (χ4v) is 1.45. The summed E-state index contributed by atoms with van der Waals surface area (Å²) >= 11 is 0. The van der Waals surface area contributed by atoms with E-state index in [1.165, 1.54) is 0 Å². The first-order valence-corrected chi connectivity index (χ1v) is 5.25. The van der Waals surface area contributed by atoms with E-state index in [2.05, 4.69) is 0 Å². The quantitative estimate of drug-likeness (QED) is 0.360. The van der Waals surface area contributed by atoms with Crippen molar-refractivity contribution in [3.8, 4) is 0 Å². The Morgan fingerprint density at radius 3 is 2.56 bits per heavy atom. The molecule has 1 fully saturated rings. The number of rotatable bonds is 5. The number of hydrogen-bond donors (Lipinski definition) is 5. The molecule has 0 aliphatic carbocycles. The predicted molar refractivity (Wildman–Crippen MR) is 54.2 cm³/mol. The molecule has 0 aromatic heterocycles. The van der Waals surface area contributed by atoms with E-state index in [9.17, 15) is 19.4 Å². The van der Waals surface area contributed by atoms with Gasteiger partial charge in [0.2, 0.25) is 0 Å². The summed E-state index contributed by atoms with van der Waals surface area (Å²) in [5.74, 6) is -1.33. The molecule has 0 amide bonds. The van der Waals surface area contributed by atoms with Crippen LogP contribution in [0.5, 0.6) is 0 Å². The van der Waals surface area contributed by atoms with Gasteiger partial charge in [-0.15, -0.1) is 0 Å². The molecule has 8 nitrogen and oxygen atoms in total. The maximum absolute atomic E-state index is 13.5. The van der Waals surface area contributed by atoms with Gasteiger partial charge in [-0.3, -0.25) is 4.79 Å². The molecule has 6 atom stereocenters. The highest BCUT2D eigenvalue weighted by Crippen LogP contribution is 2.24. The first-order valence-electron chi connectivity index (χ1n) is 5.25. The topological polar surface area (TPSA) is 142 Å². The summed E-state index contributed by atoms with van der Waals surface area (Å²) in [7, 11) is 0. The first-order chi connectivity index (χ1) is 8.38. The van der Waals surface area contributed by atoms with Crippen molar-refractivity contribution >= 4 is 5.97 Å². The number of aliphatic hydroxyl groups is 3. The summed E-state index contributed by atoms with van der Waals surface area (Å²) in [5.41, 5.74) is 5.14. The van der Waals surface area contributed by atoms with Crippen LogP contribution >= 0.6 is 0 Å². The van der Waals surface area contributed by atoms with E-state index in [-0.39, 0.29) is 0 Å². The molecule has 18 heavy (non-hydrogen) atoms. The van der Waals surface area contributed by atoms with Crippen LogP contribution in [0, 0.1) is 0 Å². The molecule has 106 valence electrons. The Kier molecular flexibility index (Phi) is 5.38. The number of hydrogen-bond acceptors (Lipinski definition) is 7. The average molecular weight is 269 g/mol. The van der Waals surface area contributed by atoms with E-state index in [1.807, 2.05) is 0 Å². The summed E-state index contributed by atoms with van der Waals surface area (Å²) in [6.07, 6.45) is -8.24. The molecule has 1 aliphatic heterocycles. The molecule has 0 saturated carbocycles. The predicted octanol–water partition coefficient (Wildman–Crippen LogP) is -2.81. The Hall–Kier alpha value is -0.840. The van der Waals surface area contributed by atoms with Gasteiger partial charge in [-0.1, -0.05) is 0 Å². The van der Waals surface area contributed by atoms with Crippen LogP contribution in [0.4, 0.5) is 4.39 Å². The first kappa shape index (κ1) is 15.2. The smallest absolute Gasteiger partial charge is 0.322 e. The van der Waals surface area contributed by atoms with Gasteiger partial charge in [-0.25, -0.2) is 4.39 Å². The molecular formula is C9H16FNO7. The highest BCUT2D eigenvalue weighted by molar-refractivity contribution is 5.73. The Labute approximate surface area is 102 Å². The third kappa shape index (κ3) is 3.34. The van der Waals surface area contributed by atoms with Gasteiger partial charge >= 0.3 is 5.97 Å². The van der Waals surface area contributed by atoms with Crippen molar-refractivity contribution in [3.05, 3.63) is 0 Å². The van der Waals surface area contributed by atoms with E-state index in [0.29, 0.717) is 0 Å². The number of halogens is 1. The minimum atomic E-state index is -2.07. The second-order valence-electron chi connectivity index (χ2n) is 3.93. The van der Waals surface area contributed by atoms with Gasteiger partial charge in [-0.05, 0) is 0 Å². The van der Waals surface area contributed by atoms with E-state index in [0.717, 1.165) is 0 Å². The maximum Gasteiger partial charge on any atom is 0.322 e. The van der Waals surface area contributed by atoms with Crippen molar-refractivity contribution in [1.29, 1.82) is 0 Å². The maximum atomic E-state index is 13.5. The Morgan fingerprint density at radius 2 is 2.06 bits per heavy atom. The van der Waals surface area contributed by atoms with Gasteiger partial charge in [0.15, 0.2) is 12.5 Å². The number of ether oxygens (including phenoxy) is 2. The summed E-state index contributed by atoms with van der Waals surface area (Å²) in [6.45, 7) is -1.17. The fourth-order valence-electron chi connectivity index (χ4n) is 1.45. The van der Waals surface area contributed by atoms with Crippen molar-refractivity contribution < 1.29 is 39.1 Å². The lowest BCUT2D eigenvalue weighted by Gasteiger charge is -2.38. The van der Waals surface area contributed by atoms with Crippen LogP contribution in [0.2, 0.25) is 0 Å². The number of aliphatic carboxylic acids is 1. The SMILES string of the molecule is N[C@@H](CO[C@H]1O[C@H](CO)[C@@H](O)[C@H](O)[C@H]1F)C(=O)O. The van der Waals surface area contributed by atoms with Gasteiger partial charge in [0, 0.05) is 0 Å². The molecule has 0 radical (unpaired) electrons. The zero-order valence-electron chi connectivity index (χ0n) is 9.35. The Bertz CT molecular complexity index is 290. The highest BCUT2D eigenvalue weighted by atomic mass is 19.1. The van der Waals surface area contributed by atoms with Gasteiger partial charge in [-0.2, -0.15) is 0 Å². The third-order valence-corrected chi connectivity index (χ3v) is 2.56. The monoisotopic (exact) mass is 269 g/mol. The number of nitrogens with two attached hydrogens (primary N) is 1. The molecule has 1 rings (SSSR count). The number of carbonyl (C=O) groups is 1. The second kappa shape index (κ2) is 6.36.